The van der Waals surface area contributed by atoms with Crippen molar-refractivity contribution >= 4 is 17.3 Å². The van der Waals surface area contributed by atoms with Crippen LogP contribution in [0.4, 0.5) is 0 Å². The van der Waals surface area contributed by atoms with Gasteiger partial charge < -0.3 is 10.6 Å². The minimum atomic E-state index is 0.514. The van der Waals surface area contributed by atoms with E-state index in [0.717, 1.165) is 25.0 Å². The molecule has 1 heterocycles. The molecule has 1 aromatic heterocycles. The Morgan fingerprint density at radius 3 is 2.67 bits per heavy atom. The van der Waals surface area contributed by atoms with Crippen molar-refractivity contribution in [1.29, 1.82) is 0 Å². The van der Waals surface area contributed by atoms with Gasteiger partial charge in [-0.2, -0.15) is 11.3 Å². The maximum atomic E-state index is 4.24. The van der Waals surface area contributed by atoms with Crippen LogP contribution in [0, 0.1) is 5.92 Å². The number of aliphatic imine (C=N–C) groups is 1. The van der Waals surface area contributed by atoms with Gasteiger partial charge in [-0.3, -0.25) is 4.99 Å². The summed E-state index contributed by atoms with van der Waals surface area (Å²) in [7, 11) is 1.82. The molecule has 1 unspecified atom stereocenters. The van der Waals surface area contributed by atoms with E-state index in [0.29, 0.717) is 5.92 Å². The Morgan fingerprint density at radius 1 is 1.33 bits per heavy atom. The van der Waals surface area contributed by atoms with Crippen molar-refractivity contribution in [2.75, 3.05) is 20.1 Å². The normalized spacial score (nSPS) is 13.7. The van der Waals surface area contributed by atoms with Crippen LogP contribution in [-0.4, -0.2) is 26.1 Å². The van der Waals surface area contributed by atoms with Gasteiger partial charge in [0.2, 0.25) is 0 Å². The molecule has 0 amide bonds. The molecule has 0 fully saturated rings. The van der Waals surface area contributed by atoms with Gasteiger partial charge in [-0.1, -0.05) is 20.8 Å². The van der Waals surface area contributed by atoms with Crippen molar-refractivity contribution in [3.63, 3.8) is 0 Å². The van der Waals surface area contributed by atoms with Crippen molar-refractivity contribution in [3.05, 3.63) is 22.4 Å². The molecule has 0 saturated heterocycles. The van der Waals surface area contributed by atoms with Crippen molar-refractivity contribution in [1.82, 2.24) is 10.6 Å². The standard InChI is InChI=1S/C14H25N3S/c1-11(2)5-7-16-14(15-4)17-9-12(3)13-6-8-18-10-13/h6,8,10-12H,5,7,9H2,1-4H3,(H2,15,16,17). The molecule has 1 aromatic rings. The van der Waals surface area contributed by atoms with Crippen molar-refractivity contribution in [3.8, 4) is 0 Å². The summed E-state index contributed by atoms with van der Waals surface area (Å²) in [6.07, 6.45) is 1.17. The Hall–Kier alpha value is -1.03. The van der Waals surface area contributed by atoms with E-state index in [-0.39, 0.29) is 0 Å². The number of hydrogen-bond donors (Lipinski definition) is 2. The lowest BCUT2D eigenvalue weighted by molar-refractivity contribution is 0.572. The molecule has 1 atom stereocenters. The largest absolute Gasteiger partial charge is 0.356 e. The maximum absolute atomic E-state index is 4.24. The number of guanidine groups is 1. The number of nitrogens with zero attached hydrogens (tertiary/aromatic N) is 1. The molecule has 102 valence electrons. The zero-order chi connectivity index (χ0) is 13.4. The summed E-state index contributed by atoms with van der Waals surface area (Å²) < 4.78 is 0. The molecule has 0 aliphatic rings. The third-order valence-electron chi connectivity index (χ3n) is 2.93. The quantitative estimate of drug-likeness (QED) is 0.614. The second-order valence-corrected chi connectivity index (χ2v) is 5.80. The predicted molar refractivity (Wildman–Crippen MR) is 81.6 cm³/mol. The molecule has 0 aliphatic heterocycles. The van der Waals surface area contributed by atoms with Gasteiger partial charge in [-0.05, 0) is 40.6 Å². The fraction of sp³-hybridized carbons (Fsp3) is 0.643. The SMILES string of the molecule is CN=C(NCCC(C)C)NCC(C)c1ccsc1. The monoisotopic (exact) mass is 267 g/mol. The van der Waals surface area contributed by atoms with Crippen LogP contribution in [0.5, 0.6) is 0 Å². The number of hydrogen-bond acceptors (Lipinski definition) is 2. The van der Waals surface area contributed by atoms with E-state index in [2.05, 4.69) is 53.2 Å². The molecular formula is C14H25N3S. The van der Waals surface area contributed by atoms with Gasteiger partial charge >= 0.3 is 0 Å². The average molecular weight is 267 g/mol. The summed E-state index contributed by atoms with van der Waals surface area (Å²) in [5.41, 5.74) is 1.39. The van der Waals surface area contributed by atoms with Gasteiger partial charge in [-0.25, -0.2) is 0 Å². The average Bonchev–Trinajstić information content (AvgIpc) is 2.86. The fourth-order valence-electron chi connectivity index (χ4n) is 1.62. The van der Waals surface area contributed by atoms with E-state index in [9.17, 15) is 0 Å². The van der Waals surface area contributed by atoms with E-state index < -0.39 is 0 Å². The summed E-state index contributed by atoms with van der Waals surface area (Å²) in [4.78, 5) is 4.24. The summed E-state index contributed by atoms with van der Waals surface area (Å²) in [6.45, 7) is 8.59. The second-order valence-electron chi connectivity index (χ2n) is 5.02. The second kappa shape index (κ2) is 8.14. The summed E-state index contributed by atoms with van der Waals surface area (Å²) in [5.74, 6) is 2.14. The Kier molecular flexibility index (Phi) is 6.80. The molecule has 0 bridgehead atoms. The molecule has 4 heteroatoms. The molecule has 0 radical (unpaired) electrons. The van der Waals surface area contributed by atoms with Crippen LogP contribution in [0.15, 0.2) is 21.8 Å². The molecule has 1 rings (SSSR count). The van der Waals surface area contributed by atoms with Gasteiger partial charge in [0.05, 0.1) is 0 Å². The van der Waals surface area contributed by atoms with Crippen LogP contribution in [-0.2, 0) is 0 Å². The maximum Gasteiger partial charge on any atom is 0.190 e. The van der Waals surface area contributed by atoms with Gasteiger partial charge in [0, 0.05) is 20.1 Å². The molecule has 3 nitrogen and oxygen atoms in total. The Balaban J connectivity index is 2.27. The zero-order valence-corrected chi connectivity index (χ0v) is 12.7. The van der Waals surface area contributed by atoms with Crippen molar-refractivity contribution < 1.29 is 0 Å². The lowest BCUT2D eigenvalue weighted by atomic mass is 10.1. The van der Waals surface area contributed by atoms with Gasteiger partial charge in [0.25, 0.3) is 0 Å². The Labute approximate surface area is 115 Å². The Bertz CT molecular complexity index is 344. The van der Waals surface area contributed by atoms with Crippen LogP contribution >= 0.6 is 11.3 Å². The van der Waals surface area contributed by atoms with E-state index in [4.69, 9.17) is 0 Å². The first-order valence-corrected chi connectivity index (χ1v) is 7.54. The van der Waals surface area contributed by atoms with Crippen molar-refractivity contribution in [2.24, 2.45) is 10.9 Å². The summed E-state index contributed by atoms with van der Waals surface area (Å²) in [5, 5.41) is 11.1. The molecule has 2 N–H and O–H groups in total. The smallest absolute Gasteiger partial charge is 0.190 e. The van der Waals surface area contributed by atoms with Crippen LogP contribution in [0.2, 0.25) is 0 Å². The summed E-state index contributed by atoms with van der Waals surface area (Å²) in [6, 6.07) is 2.19. The first-order chi connectivity index (χ1) is 8.63. The van der Waals surface area contributed by atoms with Gasteiger partial charge in [0.15, 0.2) is 5.96 Å². The minimum Gasteiger partial charge on any atom is -0.356 e. The van der Waals surface area contributed by atoms with Crippen LogP contribution in [0.3, 0.4) is 0 Å². The lowest BCUT2D eigenvalue weighted by Gasteiger charge is -2.16. The topological polar surface area (TPSA) is 36.4 Å². The molecule has 0 saturated carbocycles. The lowest BCUT2D eigenvalue weighted by Crippen LogP contribution is -2.39. The van der Waals surface area contributed by atoms with Gasteiger partial charge in [-0.15, -0.1) is 0 Å². The van der Waals surface area contributed by atoms with Crippen LogP contribution in [0.1, 0.15) is 38.7 Å². The highest BCUT2D eigenvalue weighted by Gasteiger charge is 2.06. The van der Waals surface area contributed by atoms with Gasteiger partial charge in [0.1, 0.15) is 0 Å². The molecule has 0 spiro atoms. The van der Waals surface area contributed by atoms with E-state index in [1.165, 1.54) is 12.0 Å². The number of nitrogens with one attached hydrogen (secondary N) is 2. The highest BCUT2D eigenvalue weighted by atomic mass is 32.1. The van der Waals surface area contributed by atoms with Crippen molar-refractivity contribution in [2.45, 2.75) is 33.1 Å². The molecule has 0 aliphatic carbocycles. The van der Waals surface area contributed by atoms with E-state index >= 15 is 0 Å². The predicted octanol–water partition coefficient (Wildman–Crippen LogP) is 3.06. The third kappa shape index (κ3) is 5.54. The first kappa shape index (κ1) is 15.0. The minimum absolute atomic E-state index is 0.514. The van der Waals surface area contributed by atoms with Crippen LogP contribution in [0.25, 0.3) is 0 Å². The third-order valence-corrected chi connectivity index (χ3v) is 3.63. The molecule has 18 heavy (non-hydrogen) atoms. The van der Waals surface area contributed by atoms with E-state index in [1.807, 2.05) is 7.05 Å². The zero-order valence-electron chi connectivity index (χ0n) is 11.9. The Morgan fingerprint density at radius 2 is 2.11 bits per heavy atom. The number of rotatable bonds is 6. The first-order valence-electron chi connectivity index (χ1n) is 6.60. The molecular weight excluding hydrogens is 242 g/mol. The number of thiophene rings is 1. The van der Waals surface area contributed by atoms with Crippen LogP contribution < -0.4 is 10.6 Å². The summed E-state index contributed by atoms with van der Waals surface area (Å²) >= 11 is 1.75. The highest BCUT2D eigenvalue weighted by Crippen LogP contribution is 2.16. The fourth-order valence-corrected chi connectivity index (χ4v) is 2.41. The molecule has 0 aromatic carbocycles. The van der Waals surface area contributed by atoms with E-state index in [1.54, 1.807) is 11.3 Å². The highest BCUT2D eigenvalue weighted by molar-refractivity contribution is 7.07.